The van der Waals surface area contributed by atoms with E-state index in [1.165, 1.54) is 25.0 Å². The second-order valence-electron chi connectivity index (χ2n) is 4.59. The maximum absolute atomic E-state index is 11.7. The van der Waals surface area contributed by atoms with Crippen LogP contribution in [0, 0.1) is 0 Å². The maximum atomic E-state index is 11.7. The van der Waals surface area contributed by atoms with Gasteiger partial charge in [0, 0.05) is 24.7 Å². The van der Waals surface area contributed by atoms with Crippen molar-refractivity contribution in [3.05, 3.63) is 28.8 Å². The summed E-state index contributed by atoms with van der Waals surface area (Å²) in [5.41, 5.74) is 5.95. The Bertz CT molecular complexity index is 501. The van der Waals surface area contributed by atoms with E-state index in [1.54, 1.807) is 6.07 Å². The zero-order chi connectivity index (χ0) is 13.8. The van der Waals surface area contributed by atoms with Crippen LogP contribution < -0.4 is 16.4 Å². The van der Waals surface area contributed by atoms with Gasteiger partial charge in [-0.3, -0.25) is 9.59 Å². The van der Waals surface area contributed by atoms with Gasteiger partial charge in [-0.1, -0.05) is 11.6 Å². The van der Waals surface area contributed by atoms with Crippen molar-refractivity contribution in [1.82, 2.24) is 5.32 Å². The molecule has 1 aromatic rings. The lowest BCUT2D eigenvalue weighted by atomic mass is 10.2. The Labute approximate surface area is 116 Å². The molecule has 1 aliphatic rings. The highest BCUT2D eigenvalue weighted by Crippen LogP contribution is 2.21. The average molecular weight is 282 g/mol. The Morgan fingerprint density at radius 1 is 1.37 bits per heavy atom. The van der Waals surface area contributed by atoms with Crippen molar-refractivity contribution in [2.75, 3.05) is 11.9 Å². The molecule has 0 aliphatic heterocycles. The molecule has 0 bridgehead atoms. The Morgan fingerprint density at radius 3 is 2.68 bits per heavy atom. The third-order valence-electron chi connectivity index (χ3n) is 2.88. The van der Waals surface area contributed by atoms with Crippen molar-refractivity contribution >= 4 is 29.1 Å². The lowest BCUT2D eigenvalue weighted by Gasteiger charge is -2.07. The van der Waals surface area contributed by atoms with Gasteiger partial charge >= 0.3 is 0 Å². The molecule has 0 saturated heterocycles. The largest absolute Gasteiger partial charge is 0.366 e. The lowest BCUT2D eigenvalue weighted by Crippen LogP contribution is -2.23. The first-order valence-electron chi connectivity index (χ1n) is 6.19. The lowest BCUT2D eigenvalue weighted by molar-refractivity contribution is -0.116. The summed E-state index contributed by atoms with van der Waals surface area (Å²) in [6.45, 7) is 0.670. The van der Waals surface area contributed by atoms with Gasteiger partial charge in [0.1, 0.15) is 0 Å². The second-order valence-corrected chi connectivity index (χ2v) is 4.99. The Hall–Kier alpha value is -1.59. The number of hydrogen-bond acceptors (Lipinski definition) is 3. The monoisotopic (exact) mass is 281 g/mol. The summed E-state index contributed by atoms with van der Waals surface area (Å²) in [7, 11) is 0. The fourth-order valence-electron chi connectivity index (χ4n) is 1.69. The third kappa shape index (κ3) is 4.22. The van der Waals surface area contributed by atoms with Crippen LogP contribution >= 0.6 is 11.6 Å². The highest BCUT2D eigenvalue weighted by molar-refractivity contribution is 6.34. The Morgan fingerprint density at radius 2 is 2.11 bits per heavy atom. The summed E-state index contributed by atoms with van der Waals surface area (Å²) >= 11 is 5.90. The minimum absolute atomic E-state index is 0.0870. The summed E-state index contributed by atoms with van der Waals surface area (Å²) in [6, 6.07) is 5.23. The molecular weight excluding hydrogens is 266 g/mol. The fourth-order valence-corrected chi connectivity index (χ4v) is 1.97. The van der Waals surface area contributed by atoms with Crippen LogP contribution in [0.1, 0.15) is 29.6 Å². The molecule has 2 amide bonds. The zero-order valence-corrected chi connectivity index (χ0v) is 11.2. The van der Waals surface area contributed by atoms with E-state index in [0.717, 1.165) is 0 Å². The van der Waals surface area contributed by atoms with E-state index in [1.807, 2.05) is 0 Å². The molecule has 1 fully saturated rings. The molecule has 0 heterocycles. The van der Waals surface area contributed by atoms with Gasteiger partial charge in [-0.25, -0.2) is 0 Å². The molecule has 6 heteroatoms. The molecular formula is C13H16ClN3O2. The Kier molecular flexibility index (Phi) is 4.39. The van der Waals surface area contributed by atoms with Crippen LogP contribution in [-0.2, 0) is 4.79 Å². The molecule has 102 valence electrons. The van der Waals surface area contributed by atoms with Crippen molar-refractivity contribution in [3.63, 3.8) is 0 Å². The van der Waals surface area contributed by atoms with Gasteiger partial charge in [0.2, 0.25) is 11.8 Å². The van der Waals surface area contributed by atoms with Crippen molar-refractivity contribution in [2.24, 2.45) is 5.73 Å². The molecule has 0 unspecified atom stereocenters. The maximum Gasteiger partial charge on any atom is 0.250 e. The number of carbonyl (C=O) groups excluding carboxylic acids is 2. The van der Waals surface area contributed by atoms with E-state index >= 15 is 0 Å². The molecule has 0 radical (unpaired) electrons. The number of halogens is 1. The highest BCUT2D eigenvalue weighted by Gasteiger charge is 2.20. The first-order valence-corrected chi connectivity index (χ1v) is 6.56. The second kappa shape index (κ2) is 6.04. The fraction of sp³-hybridized carbons (Fsp3) is 0.385. The number of hydrogen-bond donors (Lipinski definition) is 3. The molecule has 1 aromatic carbocycles. The van der Waals surface area contributed by atoms with Crippen LogP contribution in [0.2, 0.25) is 5.02 Å². The number of rotatable bonds is 6. The predicted octanol–water partition coefficient (Wildman–Crippen LogP) is 1.52. The molecule has 0 spiro atoms. The zero-order valence-electron chi connectivity index (χ0n) is 10.4. The van der Waals surface area contributed by atoms with Crippen LogP contribution in [0.4, 0.5) is 5.69 Å². The van der Waals surface area contributed by atoms with Crippen LogP contribution in [-0.4, -0.2) is 24.4 Å². The van der Waals surface area contributed by atoms with Gasteiger partial charge in [-0.2, -0.15) is 0 Å². The molecule has 1 aliphatic carbocycles. The van der Waals surface area contributed by atoms with E-state index in [4.69, 9.17) is 17.3 Å². The predicted molar refractivity (Wildman–Crippen MR) is 74.2 cm³/mol. The average Bonchev–Trinajstić information content (AvgIpc) is 3.12. The number of nitrogens with one attached hydrogen (secondary N) is 2. The molecule has 2 rings (SSSR count). The minimum Gasteiger partial charge on any atom is -0.366 e. The summed E-state index contributed by atoms with van der Waals surface area (Å²) in [4.78, 5) is 22.7. The minimum atomic E-state index is -0.587. The van der Waals surface area contributed by atoms with Crippen molar-refractivity contribution in [1.29, 1.82) is 0 Å². The molecule has 5 nitrogen and oxygen atoms in total. The van der Waals surface area contributed by atoms with Crippen molar-refractivity contribution in [2.45, 2.75) is 25.3 Å². The van der Waals surface area contributed by atoms with Gasteiger partial charge in [0.05, 0.1) is 10.6 Å². The van der Waals surface area contributed by atoms with Crippen LogP contribution in [0.15, 0.2) is 18.2 Å². The SMILES string of the molecule is NC(=O)c1ccc(NC(=O)CCNC2CC2)cc1Cl. The molecule has 0 aromatic heterocycles. The highest BCUT2D eigenvalue weighted by atomic mass is 35.5. The van der Waals surface area contributed by atoms with Gasteiger partial charge in [-0.05, 0) is 31.0 Å². The topological polar surface area (TPSA) is 84.2 Å². The Balaban J connectivity index is 1.85. The normalized spacial score (nSPS) is 14.2. The standard InChI is InChI=1S/C13H16ClN3O2/c14-11-7-9(3-4-10(11)13(15)19)17-12(18)5-6-16-8-1-2-8/h3-4,7-8,16H,1-2,5-6H2,(H2,15,19)(H,17,18). The summed E-state index contributed by atoms with van der Waals surface area (Å²) in [5.74, 6) is -0.674. The van der Waals surface area contributed by atoms with E-state index < -0.39 is 5.91 Å². The van der Waals surface area contributed by atoms with Crippen molar-refractivity contribution in [3.8, 4) is 0 Å². The molecule has 0 atom stereocenters. The summed E-state index contributed by atoms with van der Waals surface area (Å²) < 4.78 is 0. The van der Waals surface area contributed by atoms with Crippen LogP contribution in [0.5, 0.6) is 0 Å². The van der Waals surface area contributed by atoms with E-state index in [-0.39, 0.29) is 16.5 Å². The number of benzene rings is 1. The number of amides is 2. The molecule has 19 heavy (non-hydrogen) atoms. The third-order valence-corrected chi connectivity index (χ3v) is 3.19. The van der Waals surface area contributed by atoms with Gasteiger partial charge < -0.3 is 16.4 Å². The van der Waals surface area contributed by atoms with Gasteiger partial charge in [0.15, 0.2) is 0 Å². The molecule has 1 saturated carbocycles. The van der Waals surface area contributed by atoms with E-state index in [9.17, 15) is 9.59 Å². The first-order chi connectivity index (χ1) is 9.06. The quantitative estimate of drug-likeness (QED) is 0.739. The number of anilines is 1. The van der Waals surface area contributed by atoms with Crippen molar-refractivity contribution < 1.29 is 9.59 Å². The summed E-state index contributed by atoms with van der Waals surface area (Å²) in [5, 5.41) is 6.23. The first kappa shape index (κ1) is 13.8. The summed E-state index contributed by atoms with van der Waals surface area (Å²) in [6.07, 6.45) is 2.81. The van der Waals surface area contributed by atoms with E-state index in [2.05, 4.69) is 10.6 Å². The number of carbonyl (C=O) groups is 2. The van der Waals surface area contributed by atoms with Gasteiger partial charge in [-0.15, -0.1) is 0 Å². The molecule has 4 N–H and O–H groups in total. The van der Waals surface area contributed by atoms with Gasteiger partial charge in [0.25, 0.3) is 0 Å². The van der Waals surface area contributed by atoms with E-state index in [0.29, 0.717) is 24.7 Å². The smallest absolute Gasteiger partial charge is 0.250 e. The number of primary amides is 1. The van der Waals surface area contributed by atoms with Crippen LogP contribution in [0.3, 0.4) is 0 Å². The number of nitrogens with two attached hydrogens (primary N) is 1. The van der Waals surface area contributed by atoms with Crippen LogP contribution in [0.25, 0.3) is 0 Å².